The van der Waals surface area contributed by atoms with Gasteiger partial charge in [-0.1, -0.05) is 12.1 Å². The number of thiophene rings is 2. The third-order valence-electron chi connectivity index (χ3n) is 2.80. The van der Waals surface area contributed by atoms with E-state index in [-0.39, 0.29) is 18.3 Å². The molecule has 0 unspecified atom stereocenters. The summed E-state index contributed by atoms with van der Waals surface area (Å²) in [6.07, 6.45) is 1.29. The Bertz CT molecular complexity index is 449. The van der Waals surface area contributed by atoms with E-state index in [4.69, 9.17) is 5.73 Å². The molecule has 0 saturated heterocycles. The maximum atomic E-state index is 12.2. The SMILES string of the molecule is Cl.NCCCC(=O)N(Cc1cccs1)Cc1cccs1. The van der Waals surface area contributed by atoms with E-state index in [2.05, 4.69) is 12.1 Å². The number of nitrogens with two attached hydrogens (primary N) is 1. The van der Waals surface area contributed by atoms with Crippen LogP contribution in [0, 0.1) is 0 Å². The molecular formula is C14H19ClN2OS2. The van der Waals surface area contributed by atoms with Crippen molar-refractivity contribution in [2.45, 2.75) is 25.9 Å². The highest BCUT2D eigenvalue weighted by molar-refractivity contribution is 7.10. The number of carbonyl (C=O) groups is 1. The molecule has 2 N–H and O–H groups in total. The molecule has 20 heavy (non-hydrogen) atoms. The molecule has 2 heterocycles. The summed E-state index contributed by atoms with van der Waals surface area (Å²) in [5.41, 5.74) is 5.48. The van der Waals surface area contributed by atoms with Crippen LogP contribution < -0.4 is 5.73 Å². The zero-order valence-corrected chi connectivity index (χ0v) is 13.6. The van der Waals surface area contributed by atoms with Gasteiger partial charge in [-0.2, -0.15) is 0 Å². The Morgan fingerprint density at radius 3 is 2.05 bits per heavy atom. The lowest BCUT2D eigenvalue weighted by molar-refractivity contribution is -0.132. The molecule has 0 spiro atoms. The van der Waals surface area contributed by atoms with Gasteiger partial charge in [-0.05, 0) is 35.9 Å². The molecule has 0 aliphatic carbocycles. The number of carbonyl (C=O) groups excluding carboxylic acids is 1. The summed E-state index contributed by atoms with van der Waals surface area (Å²) in [5.74, 6) is 0.187. The summed E-state index contributed by atoms with van der Waals surface area (Å²) in [7, 11) is 0. The zero-order chi connectivity index (χ0) is 13.5. The smallest absolute Gasteiger partial charge is 0.223 e. The fourth-order valence-corrected chi connectivity index (χ4v) is 3.26. The summed E-state index contributed by atoms with van der Waals surface area (Å²) in [6.45, 7) is 1.95. The third-order valence-corrected chi connectivity index (χ3v) is 4.52. The highest BCUT2D eigenvalue weighted by Gasteiger charge is 2.15. The van der Waals surface area contributed by atoms with E-state index >= 15 is 0 Å². The average molecular weight is 331 g/mol. The second kappa shape index (κ2) is 9.13. The van der Waals surface area contributed by atoms with Crippen molar-refractivity contribution in [2.75, 3.05) is 6.54 Å². The molecule has 110 valence electrons. The van der Waals surface area contributed by atoms with Crippen molar-refractivity contribution in [3.63, 3.8) is 0 Å². The van der Waals surface area contributed by atoms with Crippen molar-refractivity contribution in [3.8, 4) is 0 Å². The van der Waals surface area contributed by atoms with Crippen molar-refractivity contribution in [1.29, 1.82) is 0 Å². The number of halogens is 1. The van der Waals surface area contributed by atoms with Gasteiger partial charge < -0.3 is 10.6 Å². The number of nitrogens with zero attached hydrogens (tertiary/aromatic N) is 1. The van der Waals surface area contributed by atoms with Crippen LogP contribution in [0.4, 0.5) is 0 Å². The van der Waals surface area contributed by atoms with Crippen LogP contribution in [-0.4, -0.2) is 17.4 Å². The molecule has 0 aliphatic rings. The first-order valence-corrected chi connectivity index (χ1v) is 8.08. The lowest BCUT2D eigenvalue weighted by Gasteiger charge is -2.21. The number of hydrogen-bond donors (Lipinski definition) is 1. The monoisotopic (exact) mass is 330 g/mol. The first kappa shape index (κ1) is 17.2. The van der Waals surface area contributed by atoms with Crippen LogP contribution in [0.3, 0.4) is 0 Å². The molecule has 0 aromatic carbocycles. The van der Waals surface area contributed by atoms with E-state index in [1.165, 1.54) is 9.75 Å². The van der Waals surface area contributed by atoms with Crippen LogP contribution in [0.2, 0.25) is 0 Å². The maximum absolute atomic E-state index is 12.2. The molecule has 2 aromatic rings. The maximum Gasteiger partial charge on any atom is 0.223 e. The van der Waals surface area contributed by atoms with Crippen molar-refractivity contribution in [1.82, 2.24) is 4.90 Å². The molecule has 3 nitrogen and oxygen atoms in total. The van der Waals surface area contributed by atoms with E-state index in [0.717, 1.165) is 6.42 Å². The molecule has 2 aromatic heterocycles. The Hall–Kier alpha value is -0.880. The van der Waals surface area contributed by atoms with Crippen molar-refractivity contribution < 1.29 is 4.79 Å². The van der Waals surface area contributed by atoms with E-state index in [1.54, 1.807) is 22.7 Å². The van der Waals surface area contributed by atoms with Crippen LogP contribution in [0.15, 0.2) is 35.0 Å². The van der Waals surface area contributed by atoms with E-state index in [9.17, 15) is 4.79 Å². The summed E-state index contributed by atoms with van der Waals surface area (Å²) < 4.78 is 0. The number of amides is 1. The largest absolute Gasteiger partial charge is 0.332 e. The molecule has 6 heteroatoms. The van der Waals surface area contributed by atoms with E-state index in [1.807, 2.05) is 27.8 Å². The van der Waals surface area contributed by atoms with Crippen molar-refractivity contribution >= 4 is 41.0 Å². The molecule has 0 fully saturated rings. The first-order valence-electron chi connectivity index (χ1n) is 6.32. The minimum Gasteiger partial charge on any atom is -0.332 e. The normalized spacial score (nSPS) is 10.1. The van der Waals surface area contributed by atoms with Crippen LogP contribution in [-0.2, 0) is 17.9 Å². The molecule has 0 atom stereocenters. The Morgan fingerprint density at radius 2 is 1.65 bits per heavy atom. The summed E-state index contributed by atoms with van der Waals surface area (Å²) in [6, 6.07) is 8.19. The Morgan fingerprint density at radius 1 is 1.10 bits per heavy atom. The third kappa shape index (κ3) is 5.25. The minimum absolute atomic E-state index is 0. The molecule has 0 bridgehead atoms. The second-order valence-corrected chi connectivity index (χ2v) is 6.37. The van der Waals surface area contributed by atoms with Gasteiger partial charge in [0, 0.05) is 16.2 Å². The van der Waals surface area contributed by atoms with Gasteiger partial charge in [0.1, 0.15) is 0 Å². The first-order chi connectivity index (χ1) is 9.29. The predicted molar refractivity (Wildman–Crippen MR) is 88.4 cm³/mol. The lowest BCUT2D eigenvalue weighted by atomic mass is 10.2. The molecule has 0 radical (unpaired) electrons. The van der Waals surface area contributed by atoms with Crippen LogP contribution in [0.1, 0.15) is 22.6 Å². The highest BCUT2D eigenvalue weighted by atomic mass is 35.5. The van der Waals surface area contributed by atoms with Crippen molar-refractivity contribution in [3.05, 3.63) is 44.8 Å². The zero-order valence-electron chi connectivity index (χ0n) is 11.2. The Kier molecular flexibility index (Phi) is 7.84. The van der Waals surface area contributed by atoms with Gasteiger partial charge in [0.15, 0.2) is 0 Å². The fraction of sp³-hybridized carbons (Fsp3) is 0.357. The van der Waals surface area contributed by atoms with E-state index in [0.29, 0.717) is 26.1 Å². The summed E-state index contributed by atoms with van der Waals surface area (Å²) in [4.78, 5) is 16.6. The van der Waals surface area contributed by atoms with E-state index < -0.39 is 0 Å². The molecule has 1 amide bonds. The average Bonchev–Trinajstić information content (AvgIpc) is 3.08. The predicted octanol–water partition coefficient (Wildman–Crippen LogP) is 3.50. The molecule has 0 saturated carbocycles. The highest BCUT2D eigenvalue weighted by Crippen LogP contribution is 2.18. The Labute approximate surface area is 133 Å². The summed E-state index contributed by atoms with van der Waals surface area (Å²) in [5, 5.41) is 4.09. The van der Waals surface area contributed by atoms with Gasteiger partial charge >= 0.3 is 0 Å². The lowest BCUT2D eigenvalue weighted by Crippen LogP contribution is -2.29. The molecule has 0 aliphatic heterocycles. The number of hydrogen-bond acceptors (Lipinski definition) is 4. The number of rotatable bonds is 7. The van der Waals surface area contributed by atoms with Crippen LogP contribution in [0.5, 0.6) is 0 Å². The van der Waals surface area contributed by atoms with Gasteiger partial charge in [-0.15, -0.1) is 35.1 Å². The van der Waals surface area contributed by atoms with Gasteiger partial charge in [-0.25, -0.2) is 0 Å². The topological polar surface area (TPSA) is 46.3 Å². The van der Waals surface area contributed by atoms with Crippen molar-refractivity contribution in [2.24, 2.45) is 5.73 Å². The van der Waals surface area contributed by atoms with Gasteiger partial charge in [0.2, 0.25) is 5.91 Å². The quantitative estimate of drug-likeness (QED) is 0.844. The summed E-state index contributed by atoms with van der Waals surface area (Å²) >= 11 is 3.38. The fourth-order valence-electron chi connectivity index (χ4n) is 1.82. The van der Waals surface area contributed by atoms with Gasteiger partial charge in [-0.3, -0.25) is 4.79 Å². The van der Waals surface area contributed by atoms with Crippen LogP contribution >= 0.6 is 35.1 Å². The van der Waals surface area contributed by atoms with Gasteiger partial charge in [0.05, 0.1) is 13.1 Å². The minimum atomic E-state index is 0. The molecular weight excluding hydrogens is 312 g/mol. The van der Waals surface area contributed by atoms with Gasteiger partial charge in [0.25, 0.3) is 0 Å². The Balaban J connectivity index is 0.00000200. The molecule has 2 rings (SSSR count). The second-order valence-electron chi connectivity index (χ2n) is 4.30. The van der Waals surface area contributed by atoms with Crippen LogP contribution in [0.25, 0.3) is 0 Å². The standard InChI is InChI=1S/C14H18N2OS2.ClH/c15-7-1-6-14(17)16(10-12-4-2-8-18-12)11-13-5-3-9-19-13;/h2-5,8-9H,1,6-7,10-11,15H2;1H.